The molecule has 2 N–H and O–H groups in total. The number of carbonyl (C=O) groups is 1. The summed E-state index contributed by atoms with van der Waals surface area (Å²) < 4.78 is 0. The average Bonchev–Trinajstić information content (AvgIpc) is 2.33. The lowest BCUT2D eigenvalue weighted by Gasteiger charge is -2.07. The lowest BCUT2D eigenvalue weighted by Crippen LogP contribution is -2.13. The number of aromatic carboxylic acids is 1. The summed E-state index contributed by atoms with van der Waals surface area (Å²) in [6.07, 6.45) is 1.53. The lowest BCUT2D eigenvalue weighted by atomic mass is 10.2. The number of aromatic nitrogens is 2. The Balaban J connectivity index is 2.84. The molecule has 1 aromatic rings. The first kappa shape index (κ1) is 8.73. The van der Waals surface area contributed by atoms with Crippen molar-refractivity contribution in [3.63, 3.8) is 0 Å². The maximum atomic E-state index is 10.6. The van der Waals surface area contributed by atoms with Crippen LogP contribution >= 0.6 is 0 Å². The van der Waals surface area contributed by atoms with Gasteiger partial charge in [0.15, 0.2) is 0 Å². The third-order valence-electron chi connectivity index (χ3n) is 1.42. The fourth-order valence-corrected chi connectivity index (χ4v) is 0.957. The van der Waals surface area contributed by atoms with E-state index in [0.717, 1.165) is 0 Å². The summed E-state index contributed by atoms with van der Waals surface area (Å²) in [6, 6.07) is 0. The Bertz CT molecular complexity index is 280. The van der Waals surface area contributed by atoms with E-state index in [-0.39, 0.29) is 5.69 Å². The van der Waals surface area contributed by atoms with Crippen LogP contribution in [-0.4, -0.2) is 40.3 Å². The molecule has 0 aliphatic heterocycles. The van der Waals surface area contributed by atoms with Gasteiger partial charge in [0.2, 0.25) is 0 Å². The van der Waals surface area contributed by atoms with E-state index in [9.17, 15) is 4.79 Å². The molecule has 12 heavy (non-hydrogen) atoms. The standard InChI is InChI=1S/C7H11N3O2/c1-10(2)4-5-3-8-9-6(5)7(11)12/h3H,4H2,1-2H3,(H,8,9)(H,11,12). The monoisotopic (exact) mass is 169 g/mol. The van der Waals surface area contributed by atoms with Gasteiger partial charge in [-0.25, -0.2) is 4.79 Å². The summed E-state index contributed by atoms with van der Waals surface area (Å²) in [5.41, 5.74) is 0.871. The van der Waals surface area contributed by atoms with E-state index in [4.69, 9.17) is 5.11 Å². The Morgan fingerprint density at radius 3 is 2.92 bits per heavy atom. The number of rotatable bonds is 3. The number of nitrogens with one attached hydrogen (secondary N) is 1. The van der Waals surface area contributed by atoms with Gasteiger partial charge in [0, 0.05) is 12.1 Å². The molecule has 0 aliphatic rings. The van der Waals surface area contributed by atoms with Crippen molar-refractivity contribution < 1.29 is 9.90 Å². The molecule has 0 saturated carbocycles. The number of hydrogen-bond acceptors (Lipinski definition) is 3. The summed E-state index contributed by atoms with van der Waals surface area (Å²) in [6.45, 7) is 0.581. The molecule has 0 atom stereocenters. The zero-order valence-electron chi connectivity index (χ0n) is 7.03. The van der Waals surface area contributed by atoms with Gasteiger partial charge < -0.3 is 10.0 Å². The minimum Gasteiger partial charge on any atom is -0.477 e. The van der Waals surface area contributed by atoms with Crippen LogP contribution in [0.2, 0.25) is 0 Å². The van der Waals surface area contributed by atoms with Crippen LogP contribution in [-0.2, 0) is 6.54 Å². The van der Waals surface area contributed by atoms with Crippen LogP contribution in [0.15, 0.2) is 6.20 Å². The quantitative estimate of drug-likeness (QED) is 0.676. The van der Waals surface area contributed by atoms with E-state index >= 15 is 0 Å². The van der Waals surface area contributed by atoms with Crippen molar-refractivity contribution in [2.75, 3.05) is 14.1 Å². The van der Waals surface area contributed by atoms with Crippen molar-refractivity contribution in [3.05, 3.63) is 17.5 Å². The molecule has 0 aliphatic carbocycles. The Morgan fingerprint density at radius 2 is 2.42 bits per heavy atom. The van der Waals surface area contributed by atoms with Gasteiger partial charge in [0.1, 0.15) is 5.69 Å². The minimum atomic E-state index is -0.968. The zero-order chi connectivity index (χ0) is 9.14. The molecular formula is C7H11N3O2. The second-order valence-corrected chi connectivity index (χ2v) is 2.81. The molecule has 1 rings (SSSR count). The fraction of sp³-hybridized carbons (Fsp3) is 0.429. The number of carboxylic acid groups (broad SMARTS) is 1. The lowest BCUT2D eigenvalue weighted by molar-refractivity contribution is 0.0688. The van der Waals surface area contributed by atoms with E-state index in [2.05, 4.69) is 10.2 Å². The Morgan fingerprint density at radius 1 is 1.75 bits per heavy atom. The molecule has 0 bridgehead atoms. The summed E-state index contributed by atoms with van der Waals surface area (Å²) in [4.78, 5) is 12.5. The van der Waals surface area contributed by atoms with Crippen LogP contribution < -0.4 is 0 Å². The van der Waals surface area contributed by atoms with Gasteiger partial charge in [-0.3, -0.25) is 5.10 Å². The number of hydrogen-bond donors (Lipinski definition) is 2. The maximum Gasteiger partial charge on any atom is 0.354 e. The van der Waals surface area contributed by atoms with Crippen molar-refractivity contribution in [2.24, 2.45) is 0 Å². The van der Waals surface area contributed by atoms with Crippen LogP contribution in [0.1, 0.15) is 16.1 Å². The van der Waals surface area contributed by atoms with Crippen molar-refractivity contribution >= 4 is 5.97 Å². The summed E-state index contributed by atoms with van der Waals surface area (Å²) >= 11 is 0. The molecule has 0 radical (unpaired) electrons. The van der Waals surface area contributed by atoms with Crippen LogP contribution in [0.5, 0.6) is 0 Å². The molecule has 66 valence electrons. The van der Waals surface area contributed by atoms with Gasteiger partial charge >= 0.3 is 5.97 Å². The molecule has 5 nitrogen and oxygen atoms in total. The predicted molar refractivity (Wildman–Crippen MR) is 42.9 cm³/mol. The number of carboxylic acids is 1. The summed E-state index contributed by atoms with van der Waals surface area (Å²) in [5.74, 6) is -0.968. The van der Waals surface area contributed by atoms with Crippen LogP contribution in [0.3, 0.4) is 0 Å². The first-order valence-corrected chi connectivity index (χ1v) is 3.51. The first-order valence-electron chi connectivity index (χ1n) is 3.51. The van der Waals surface area contributed by atoms with Gasteiger partial charge in [0.25, 0.3) is 0 Å². The summed E-state index contributed by atoms with van der Waals surface area (Å²) in [5, 5.41) is 14.8. The van der Waals surface area contributed by atoms with Crippen molar-refractivity contribution in [3.8, 4) is 0 Å². The number of H-pyrrole nitrogens is 1. The SMILES string of the molecule is CN(C)Cc1cn[nH]c1C(=O)O. The second kappa shape index (κ2) is 3.36. The largest absolute Gasteiger partial charge is 0.477 e. The Labute approximate surface area is 70.0 Å². The smallest absolute Gasteiger partial charge is 0.354 e. The normalized spacial score (nSPS) is 10.6. The minimum absolute atomic E-state index is 0.170. The molecule has 0 saturated heterocycles. The topological polar surface area (TPSA) is 69.2 Å². The van der Waals surface area contributed by atoms with Crippen LogP contribution in [0, 0.1) is 0 Å². The fourth-order valence-electron chi connectivity index (χ4n) is 0.957. The van der Waals surface area contributed by atoms with Gasteiger partial charge in [-0.2, -0.15) is 5.10 Å². The van der Waals surface area contributed by atoms with Gasteiger partial charge in [-0.1, -0.05) is 0 Å². The first-order chi connectivity index (χ1) is 5.61. The van der Waals surface area contributed by atoms with Crippen molar-refractivity contribution in [1.29, 1.82) is 0 Å². The second-order valence-electron chi connectivity index (χ2n) is 2.81. The third-order valence-corrected chi connectivity index (χ3v) is 1.42. The molecule has 0 fully saturated rings. The molecule has 0 unspecified atom stereocenters. The van der Waals surface area contributed by atoms with E-state index in [1.165, 1.54) is 6.20 Å². The summed E-state index contributed by atoms with van der Waals surface area (Å²) in [7, 11) is 3.75. The highest BCUT2D eigenvalue weighted by molar-refractivity contribution is 5.86. The third kappa shape index (κ3) is 1.82. The molecule has 1 aromatic heterocycles. The van der Waals surface area contributed by atoms with E-state index in [1.807, 2.05) is 19.0 Å². The van der Waals surface area contributed by atoms with E-state index in [0.29, 0.717) is 12.1 Å². The molecule has 1 heterocycles. The number of aromatic amines is 1. The molecule has 0 amide bonds. The Kier molecular flexibility index (Phi) is 2.44. The van der Waals surface area contributed by atoms with Crippen LogP contribution in [0.25, 0.3) is 0 Å². The highest BCUT2D eigenvalue weighted by Gasteiger charge is 2.11. The zero-order valence-corrected chi connectivity index (χ0v) is 7.03. The average molecular weight is 169 g/mol. The molecule has 5 heteroatoms. The molecule has 0 spiro atoms. The molecule has 0 aromatic carbocycles. The molecular weight excluding hydrogens is 158 g/mol. The predicted octanol–water partition coefficient (Wildman–Crippen LogP) is 0.169. The van der Waals surface area contributed by atoms with Crippen molar-refractivity contribution in [1.82, 2.24) is 15.1 Å². The van der Waals surface area contributed by atoms with E-state index in [1.54, 1.807) is 0 Å². The van der Waals surface area contributed by atoms with Crippen LogP contribution in [0.4, 0.5) is 0 Å². The van der Waals surface area contributed by atoms with Gasteiger partial charge in [-0.05, 0) is 14.1 Å². The van der Waals surface area contributed by atoms with E-state index < -0.39 is 5.97 Å². The van der Waals surface area contributed by atoms with Gasteiger partial charge in [-0.15, -0.1) is 0 Å². The maximum absolute atomic E-state index is 10.6. The van der Waals surface area contributed by atoms with Gasteiger partial charge in [0.05, 0.1) is 6.20 Å². The van der Waals surface area contributed by atoms with Crippen molar-refractivity contribution in [2.45, 2.75) is 6.54 Å². The number of nitrogens with zero attached hydrogens (tertiary/aromatic N) is 2. The highest BCUT2D eigenvalue weighted by atomic mass is 16.4. The Hall–Kier alpha value is -1.36. The highest BCUT2D eigenvalue weighted by Crippen LogP contribution is 2.05.